The summed E-state index contributed by atoms with van der Waals surface area (Å²) in [6.07, 6.45) is 3.96. The number of nitrogens with one attached hydrogen (secondary N) is 1. The highest BCUT2D eigenvalue weighted by Gasteiger charge is 2.50. The van der Waals surface area contributed by atoms with Crippen LogP contribution in [0.25, 0.3) is 0 Å². The molecule has 4 atom stereocenters. The number of aryl methyl sites for hydroxylation is 1. The fourth-order valence-electron chi connectivity index (χ4n) is 3.66. The lowest BCUT2D eigenvalue weighted by Crippen LogP contribution is -2.44. The molecule has 0 aliphatic heterocycles. The molecule has 0 spiro atoms. The summed E-state index contributed by atoms with van der Waals surface area (Å²) in [5.74, 6) is 1.15. The van der Waals surface area contributed by atoms with E-state index in [1.807, 2.05) is 6.92 Å². The number of hydrogen-bond acceptors (Lipinski definition) is 5. The molecule has 0 saturated heterocycles. The van der Waals surface area contributed by atoms with Crippen LogP contribution < -0.4 is 5.32 Å². The zero-order valence-corrected chi connectivity index (χ0v) is 11.0. The van der Waals surface area contributed by atoms with Crippen LogP contribution in [-0.2, 0) is 17.8 Å². The van der Waals surface area contributed by atoms with Crippen molar-refractivity contribution in [3.8, 4) is 0 Å². The number of carboxylic acids is 1. The van der Waals surface area contributed by atoms with Crippen LogP contribution in [0.4, 0.5) is 0 Å². The first kappa shape index (κ1) is 12.6. The van der Waals surface area contributed by atoms with Gasteiger partial charge >= 0.3 is 5.97 Å². The summed E-state index contributed by atoms with van der Waals surface area (Å²) in [5, 5.41) is 16.6. The Morgan fingerprint density at radius 3 is 2.95 bits per heavy atom. The summed E-state index contributed by atoms with van der Waals surface area (Å²) in [6, 6.07) is 0.0554. The maximum Gasteiger partial charge on any atom is 0.308 e. The highest BCUT2D eigenvalue weighted by atomic mass is 16.5. The Morgan fingerprint density at radius 2 is 2.26 bits per heavy atom. The van der Waals surface area contributed by atoms with Gasteiger partial charge in [0.25, 0.3) is 0 Å². The monoisotopic (exact) mass is 265 g/mol. The molecular formula is C13H19N3O3. The van der Waals surface area contributed by atoms with E-state index < -0.39 is 5.97 Å². The van der Waals surface area contributed by atoms with E-state index in [0.717, 1.165) is 25.7 Å². The van der Waals surface area contributed by atoms with E-state index in [2.05, 4.69) is 15.5 Å². The van der Waals surface area contributed by atoms with Crippen LogP contribution in [0, 0.1) is 17.8 Å². The fraction of sp³-hybridized carbons (Fsp3) is 0.769. The van der Waals surface area contributed by atoms with E-state index in [4.69, 9.17) is 4.52 Å². The number of carboxylic acid groups (broad SMARTS) is 1. The summed E-state index contributed by atoms with van der Waals surface area (Å²) in [6.45, 7) is 2.45. The number of hydrogen-bond donors (Lipinski definition) is 2. The second-order valence-electron chi connectivity index (χ2n) is 5.56. The fourth-order valence-corrected chi connectivity index (χ4v) is 3.66. The SMILES string of the molecule is CCc1nc(CNC2C3CCC(C3)C2C(=O)O)no1. The van der Waals surface area contributed by atoms with E-state index in [1.54, 1.807) is 0 Å². The van der Waals surface area contributed by atoms with E-state index in [0.29, 0.717) is 30.1 Å². The third-order valence-corrected chi connectivity index (χ3v) is 4.51. The first-order valence-corrected chi connectivity index (χ1v) is 6.96. The molecule has 2 N–H and O–H groups in total. The molecule has 0 radical (unpaired) electrons. The Morgan fingerprint density at radius 1 is 1.47 bits per heavy atom. The van der Waals surface area contributed by atoms with Gasteiger partial charge in [-0.2, -0.15) is 4.98 Å². The Hall–Kier alpha value is -1.43. The Bertz CT molecular complexity index is 473. The molecule has 3 rings (SSSR count). The van der Waals surface area contributed by atoms with Crippen molar-refractivity contribution in [2.75, 3.05) is 0 Å². The minimum absolute atomic E-state index is 0.0554. The molecule has 6 heteroatoms. The van der Waals surface area contributed by atoms with Gasteiger partial charge in [-0.15, -0.1) is 0 Å². The van der Waals surface area contributed by atoms with Gasteiger partial charge in [-0.05, 0) is 31.1 Å². The standard InChI is InChI=1S/C13H19N3O3/c1-2-10-15-9(16-19-10)6-14-12-8-4-3-7(5-8)11(12)13(17)18/h7-8,11-12,14H,2-6H2,1H3,(H,17,18). The van der Waals surface area contributed by atoms with Crippen molar-refractivity contribution in [1.29, 1.82) is 0 Å². The third kappa shape index (κ3) is 2.25. The zero-order chi connectivity index (χ0) is 13.4. The molecular weight excluding hydrogens is 246 g/mol. The predicted molar refractivity (Wildman–Crippen MR) is 66.3 cm³/mol. The summed E-state index contributed by atoms with van der Waals surface area (Å²) in [4.78, 5) is 15.6. The van der Waals surface area contributed by atoms with Crippen molar-refractivity contribution in [2.45, 2.75) is 45.2 Å². The molecule has 6 nitrogen and oxygen atoms in total. The molecule has 0 amide bonds. The van der Waals surface area contributed by atoms with E-state index in [1.165, 1.54) is 0 Å². The second-order valence-corrected chi connectivity index (χ2v) is 5.56. The average Bonchev–Trinajstić information content (AvgIpc) is 3.10. The van der Waals surface area contributed by atoms with Gasteiger partial charge in [-0.3, -0.25) is 4.79 Å². The van der Waals surface area contributed by atoms with Crippen LogP contribution in [0.2, 0.25) is 0 Å². The molecule has 2 fully saturated rings. The van der Waals surface area contributed by atoms with E-state index in [9.17, 15) is 9.90 Å². The molecule has 1 heterocycles. The Labute approximate surface area is 111 Å². The van der Waals surface area contributed by atoms with Gasteiger partial charge in [0.2, 0.25) is 5.89 Å². The number of carbonyl (C=O) groups is 1. The second kappa shape index (κ2) is 4.92. The van der Waals surface area contributed by atoms with Gasteiger partial charge in [0.1, 0.15) is 0 Å². The normalized spacial score (nSPS) is 32.9. The molecule has 1 aromatic rings. The average molecular weight is 265 g/mol. The predicted octanol–water partition coefficient (Wildman–Crippen LogP) is 1.22. The minimum Gasteiger partial charge on any atom is -0.481 e. The van der Waals surface area contributed by atoms with Crippen molar-refractivity contribution in [1.82, 2.24) is 15.5 Å². The summed E-state index contributed by atoms with van der Waals surface area (Å²) < 4.78 is 5.05. The van der Waals surface area contributed by atoms with Crippen molar-refractivity contribution in [2.24, 2.45) is 17.8 Å². The van der Waals surface area contributed by atoms with Crippen LogP contribution >= 0.6 is 0 Å². The third-order valence-electron chi connectivity index (χ3n) is 4.51. The summed E-state index contributed by atoms with van der Waals surface area (Å²) in [5.41, 5.74) is 0. The zero-order valence-electron chi connectivity index (χ0n) is 11.0. The highest BCUT2D eigenvalue weighted by molar-refractivity contribution is 5.72. The number of rotatable bonds is 5. The number of fused-ring (bicyclic) bond motifs is 2. The van der Waals surface area contributed by atoms with Crippen molar-refractivity contribution < 1.29 is 14.4 Å². The van der Waals surface area contributed by atoms with Crippen molar-refractivity contribution in [3.63, 3.8) is 0 Å². The molecule has 2 bridgehead atoms. The lowest BCUT2D eigenvalue weighted by atomic mass is 9.84. The van der Waals surface area contributed by atoms with Crippen LogP contribution in [0.3, 0.4) is 0 Å². The maximum atomic E-state index is 11.4. The van der Waals surface area contributed by atoms with Gasteiger partial charge < -0.3 is 14.9 Å². The molecule has 19 heavy (non-hydrogen) atoms. The van der Waals surface area contributed by atoms with Crippen LogP contribution in [-0.4, -0.2) is 27.3 Å². The molecule has 2 aliphatic rings. The largest absolute Gasteiger partial charge is 0.481 e. The first-order valence-electron chi connectivity index (χ1n) is 6.96. The summed E-state index contributed by atoms with van der Waals surface area (Å²) >= 11 is 0. The quantitative estimate of drug-likeness (QED) is 0.832. The van der Waals surface area contributed by atoms with Crippen LogP contribution in [0.15, 0.2) is 4.52 Å². The molecule has 104 valence electrons. The lowest BCUT2D eigenvalue weighted by molar-refractivity contribution is -0.144. The van der Waals surface area contributed by atoms with Crippen molar-refractivity contribution >= 4 is 5.97 Å². The maximum absolute atomic E-state index is 11.4. The molecule has 4 unspecified atom stereocenters. The minimum atomic E-state index is -0.674. The molecule has 2 aliphatic carbocycles. The Balaban J connectivity index is 1.64. The molecule has 0 aromatic carbocycles. The first-order chi connectivity index (χ1) is 9.19. The van der Waals surface area contributed by atoms with E-state index >= 15 is 0 Å². The van der Waals surface area contributed by atoms with Gasteiger partial charge in [0.05, 0.1) is 12.5 Å². The van der Waals surface area contributed by atoms with Crippen LogP contribution in [0.5, 0.6) is 0 Å². The topological polar surface area (TPSA) is 88.2 Å². The number of nitrogens with zero attached hydrogens (tertiary/aromatic N) is 2. The van der Waals surface area contributed by atoms with Crippen molar-refractivity contribution in [3.05, 3.63) is 11.7 Å². The summed E-state index contributed by atoms with van der Waals surface area (Å²) in [7, 11) is 0. The molecule has 2 saturated carbocycles. The Kier molecular flexibility index (Phi) is 3.26. The lowest BCUT2D eigenvalue weighted by Gasteiger charge is -2.28. The van der Waals surface area contributed by atoms with E-state index in [-0.39, 0.29) is 12.0 Å². The van der Waals surface area contributed by atoms with Gasteiger partial charge in [0, 0.05) is 12.5 Å². The number of aliphatic carboxylic acids is 1. The smallest absolute Gasteiger partial charge is 0.308 e. The number of aromatic nitrogens is 2. The molecule has 1 aromatic heterocycles. The highest BCUT2D eigenvalue weighted by Crippen LogP contribution is 2.48. The van der Waals surface area contributed by atoms with Crippen LogP contribution in [0.1, 0.15) is 37.9 Å². The van der Waals surface area contributed by atoms with Gasteiger partial charge in [-0.25, -0.2) is 0 Å². The van der Waals surface area contributed by atoms with Gasteiger partial charge in [0.15, 0.2) is 5.82 Å². The van der Waals surface area contributed by atoms with Gasteiger partial charge in [-0.1, -0.05) is 12.1 Å².